The molecule has 2 aliphatic rings. The molecule has 4 N–H and O–H groups in total. The van der Waals surface area contributed by atoms with E-state index in [-0.39, 0.29) is 36.8 Å². The summed E-state index contributed by atoms with van der Waals surface area (Å²) < 4.78 is 5.62. The molecule has 4 rings (SSSR count). The molecule has 6 atom stereocenters. The molecule has 6 unspecified atom stereocenters. The molecule has 0 radical (unpaired) electrons. The van der Waals surface area contributed by atoms with Gasteiger partial charge in [0.1, 0.15) is 23.7 Å². The van der Waals surface area contributed by atoms with Crippen LogP contribution in [0.1, 0.15) is 85.3 Å². The smallest absolute Gasteiger partial charge is 0.408 e. The molecule has 12 heteroatoms. The van der Waals surface area contributed by atoms with Crippen LogP contribution in [0.3, 0.4) is 0 Å². The van der Waals surface area contributed by atoms with Gasteiger partial charge in [-0.3, -0.25) is 24.0 Å². The minimum absolute atomic E-state index is 0.00105. The van der Waals surface area contributed by atoms with Gasteiger partial charge in [-0.15, -0.1) is 13.2 Å². The third-order valence-electron chi connectivity index (χ3n) is 10.7. The lowest BCUT2D eigenvalue weighted by molar-refractivity contribution is -0.146. The Bertz CT molecular complexity index is 1740. The Morgan fingerprint density at radius 3 is 1.93 bits per heavy atom. The SMILES string of the molecule is C=CCCC(NC(=O)C1C2C(CN1C(=O)C(NC(=O)C(NC(=O)OC(C)(C)C)C(c1ccccc1)c1ccccc1)C(C)(C)C)C2(C)C)C(=O)C(=O)NCC=C. The van der Waals surface area contributed by atoms with E-state index in [0.717, 1.165) is 11.1 Å². The molecule has 2 fully saturated rings. The molecule has 2 aromatic rings. The van der Waals surface area contributed by atoms with Gasteiger partial charge < -0.3 is 30.9 Å². The van der Waals surface area contributed by atoms with Crippen molar-refractivity contribution in [2.24, 2.45) is 22.7 Å². The topological polar surface area (TPSA) is 163 Å². The third kappa shape index (κ3) is 10.3. The van der Waals surface area contributed by atoms with Crippen LogP contribution in [0.25, 0.3) is 0 Å². The number of likely N-dealkylation sites (tertiary alicyclic amines) is 1. The van der Waals surface area contributed by atoms with Gasteiger partial charge in [0.25, 0.3) is 5.91 Å². The zero-order valence-electron chi connectivity index (χ0n) is 34.0. The van der Waals surface area contributed by atoms with E-state index in [4.69, 9.17) is 4.74 Å². The number of Topliss-reactive ketones (excluding diaryl/α,β-unsaturated/α-hetero) is 1. The predicted octanol–water partition coefficient (Wildman–Crippen LogP) is 5.05. The summed E-state index contributed by atoms with van der Waals surface area (Å²) in [7, 11) is 0. The van der Waals surface area contributed by atoms with Gasteiger partial charge in [-0.2, -0.15) is 0 Å². The Labute approximate surface area is 331 Å². The van der Waals surface area contributed by atoms with Crippen molar-refractivity contribution in [2.75, 3.05) is 13.1 Å². The molecule has 1 aliphatic heterocycles. The number of alkyl carbamates (subject to hydrolysis) is 1. The van der Waals surface area contributed by atoms with E-state index in [2.05, 4.69) is 34.4 Å². The van der Waals surface area contributed by atoms with E-state index in [1.54, 1.807) is 26.8 Å². The molecule has 1 aliphatic carbocycles. The fraction of sp³-hybridized carbons (Fsp3) is 0.500. The van der Waals surface area contributed by atoms with E-state index < -0.39 is 76.6 Å². The average Bonchev–Trinajstić information content (AvgIpc) is 3.42. The number of ketones is 1. The maximum absolute atomic E-state index is 14.8. The van der Waals surface area contributed by atoms with E-state index >= 15 is 0 Å². The second kappa shape index (κ2) is 17.7. The first-order valence-electron chi connectivity index (χ1n) is 19.3. The summed E-state index contributed by atoms with van der Waals surface area (Å²) in [6, 6.07) is 14.2. The van der Waals surface area contributed by atoms with Crippen molar-refractivity contribution in [3.05, 3.63) is 97.1 Å². The number of hydrogen-bond acceptors (Lipinski definition) is 7. The Morgan fingerprint density at radius 1 is 0.857 bits per heavy atom. The van der Waals surface area contributed by atoms with Crippen LogP contribution in [-0.4, -0.2) is 83.3 Å². The summed E-state index contributed by atoms with van der Waals surface area (Å²) in [6.45, 7) is 22.3. The number of hydrogen-bond donors (Lipinski definition) is 4. The van der Waals surface area contributed by atoms with E-state index in [9.17, 15) is 28.8 Å². The van der Waals surface area contributed by atoms with E-state index in [1.807, 2.05) is 95.3 Å². The molecule has 0 aromatic heterocycles. The van der Waals surface area contributed by atoms with Crippen molar-refractivity contribution in [1.82, 2.24) is 26.2 Å². The minimum Gasteiger partial charge on any atom is -0.444 e. The lowest BCUT2D eigenvalue weighted by Crippen LogP contribution is -2.62. The van der Waals surface area contributed by atoms with Crippen LogP contribution >= 0.6 is 0 Å². The number of nitrogens with zero attached hydrogens (tertiary/aromatic N) is 1. The monoisotopic (exact) mass is 769 g/mol. The summed E-state index contributed by atoms with van der Waals surface area (Å²) in [6.07, 6.45) is 2.75. The van der Waals surface area contributed by atoms with Crippen molar-refractivity contribution < 1.29 is 33.5 Å². The van der Waals surface area contributed by atoms with E-state index in [1.165, 1.54) is 11.0 Å². The third-order valence-corrected chi connectivity index (χ3v) is 10.7. The number of allylic oxidation sites excluding steroid dienone is 1. The Hall–Kier alpha value is -5.26. The first-order valence-corrected chi connectivity index (χ1v) is 19.3. The van der Waals surface area contributed by atoms with Crippen LogP contribution in [0.15, 0.2) is 86.0 Å². The molecule has 0 spiro atoms. The molecule has 1 heterocycles. The molecule has 12 nitrogen and oxygen atoms in total. The number of nitrogens with one attached hydrogen (secondary N) is 4. The first kappa shape index (κ1) is 43.5. The second-order valence-electron chi connectivity index (χ2n) is 17.4. The summed E-state index contributed by atoms with van der Waals surface area (Å²) in [4.78, 5) is 84.6. The van der Waals surface area contributed by atoms with Crippen molar-refractivity contribution in [1.29, 1.82) is 0 Å². The van der Waals surface area contributed by atoms with Crippen LogP contribution in [0.4, 0.5) is 4.79 Å². The molecule has 2 aromatic carbocycles. The Balaban J connectivity index is 1.69. The summed E-state index contributed by atoms with van der Waals surface area (Å²) in [5, 5.41) is 11.1. The normalized spacial score (nSPS) is 20.0. The highest BCUT2D eigenvalue weighted by Crippen LogP contribution is 2.65. The zero-order valence-corrected chi connectivity index (χ0v) is 34.0. The fourth-order valence-corrected chi connectivity index (χ4v) is 7.71. The first-order chi connectivity index (χ1) is 26.2. The average molecular weight is 770 g/mol. The molecule has 5 amide bonds. The number of rotatable bonds is 16. The van der Waals surface area contributed by atoms with Gasteiger partial charge in [0.15, 0.2) is 0 Å². The molecule has 0 bridgehead atoms. The van der Waals surface area contributed by atoms with Gasteiger partial charge >= 0.3 is 6.09 Å². The number of amides is 5. The number of carbonyl (C=O) groups excluding carboxylic acids is 6. The molecular formula is C44H59N5O7. The predicted molar refractivity (Wildman–Crippen MR) is 215 cm³/mol. The number of carbonyl (C=O) groups is 6. The Kier molecular flexibility index (Phi) is 13.7. The molecular weight excluding hydrogens is 711 g/mol. The molecule has 1 saturated carbocycles. The summed E-state index contributed by atoms with van der Waals surface area (Å²) in [5.41, 5.74) is -0.457. The number of piperidine rings is 1. The number of ether oxygens (including phenoxy) is 1. The quantitative estimate of drug-likeness (QED) is 0.137. The van der Waals surface area contributed by atoms with Gasteiger partial charge in [-0.05, 0) is 67.4 Å². The Morgan fingerprint density at radius 2 is 1.43 bits per heavy atom. The number of benzene rings is 2. The van der Waals surface area contributed by atoms with Crippen molar-refractivity contribution in [3.63, 3.8) is 0 Å². The van der Waals surface area contributed by atoms with Crippen LogP contribution < -0.4 is 21.3 Å². The highest BCUT2D eigenvalue weighted by atomic mass is 16.6. The zero-order chi connectivity index (χ0) is 41.6. The van der Waals surface area contributed by atoms with Crippen LogP contribution in [-0.2, 0) is 28.7 Å². The molecule has 56 heavy (non-hydrogen) atoms. The summed E-state index contributed by atoms with van der Waals surface area (Å²) >= 11 is 0. The maximum Gasteiger partial charge on any atom is 0.408 e. The van der Waals surface area contributed by atoms with Gasteiger partial charge in [-0.25, -0.2) is 4.79 Å². The van der Waals surface area contributed by atoms with Crippen molar-refractivity contribution in [2.45, 2.75) is 104 Å². The van der Waals surface area contributed by atoms with Crippen LogP contribution in [0.2, 0.25) is 0 Å². The van der Waals surface area contributed by atoms with Crippen LogP contribution in [0.5, 0.6) is 0 Å². The highest BCUT2D eigenvalue weighted by Gasteiger charge is 2.70. The maximum atomic E-state index is 14.8. The highest BCUT2D eigenvalue weighted by molar-refractivity contribution is 6.38. The van der Waals surface area contributed by atoms with E-state index in [0.29, 0.717) is 6.42 Å². The van der Waals surface area contributed by atoms with Crippen molar-refractivity contribution >= 4 is 35.5 Å². The standard InChI is InChI=1S/C44H59N5O7/c1-11-13-24-30(35(50)39(53)45-25-12-2)46-38(52)34-32-29(44(32,9)10)26-49(34)40(54)36(42(3,4)5)48-37(51)33(47-41(55)56-43(6,7)8)31(27-20-16-14-17-21-27)28-22-18-15-19-23-28/h11-12,14-23,29-34,36H,1-2,13,24-26H2,3-10H3,(H,45,53)(H,46,52)(H,47,55)(H,48,51). The van der Waals surface area contributed by atoms with Gasteiger partial charge in [0.05, 0.1) is 6.04 Å². The van der Waals surface area contributed by atoms with Gasteiger partial charge in [0, 0.05) is 19.0 Å². The minimum atomic E-state index is -1.22. The summed E-state index contributed by atoms with van der Waals surface area (Å²) in [5.74, 6) is -4.18. The molecule has 302 valence electrons. The fourth-order valence-electron chi connectivity index (χ4n) is 7.71. The number of fused-ring (bicyclic) bond motifs is 1. The van der Waals surface area contributed by atoms with Gasteiger partial charge in [-0.1, -0.05) is 107 Å². The lowest BCUT2D eigenvalue weighted by Gasteiger charge is -2.39. The van der Waals surface area contributed by atoms with Crippen molar-refractivity contribution in [3.8, 4) is 0 Å². The molecule has 1 saturated heterocycles. The second-order valence-corrected chi connectivity index (χ2v) is 17.4. The lowest BCUT2D eigenvalue weighted by atomic mass is 9.82. The van der Waals surface area contributed by atoms with Crippen LogP contribution in [0, 0.1) is 22.7 Å². The largest absolute Gasteiger partial charge is 0.444 e. The van der Waals surface area contributed by atoms with Gasteiger partial charge in [0.2, 0.25) is 23.5 Å².